The van der Waals surface area contributed by atoms with Crippen LogP contribution in [0.1, 0.15) is 11.8 Å². The molecule has 0 fully saturated rings. The van der Waals surface area contributed by atoms with Crippen LogP contribution in [0.25, 0.3) is 0 Å². The molecule has 0 bridgehead atoms. The second-order valence-corrected chi connectivity index (χ2v) is 7.51. The van der Waals surface area contributed by atoms with Gasteiger partial charge in [-0.05, 0) is 50.4 Å². The highest BCUT2D eigenvalue weighted by Gasteiger charge is 2.18. The minimum atomic E-state index is -0.227. The maximum absolute atomic E-state index is 12.2. The van der Waals surface area contributed by atoms with Crippen molar-refractivity contribution < 1.29 is 4.79 Å². The highest BCUT2D eigenvalue weighted by molar-refractivity contribution is 9.10. The molecule has 1 aromatic carbocycles. The van der Waals surface area contributed by atoms with Crippen molar-refractivity contribution in [3.63, 3.8) is 0 Å². The van der Waals surface area contributed by atoms with Crippen LogP contribution in [0.2, 0.25) is 4.34 Å². The molecule has 0 radical (unpaired) electrons. The lowest BCUT2D eigenvalue weighted by molar-refractivity contribution is -0.120. The summed E-state index contributed by atoms with van der Waals surface area (Å²) in [5.74, 6) is -0.0255. The number of halogens is 2. The molecule has 0 spiro atoms. The van der Waals surface area contributed by atoms with Gasteiger partial charge in [0, 0.05) is 21.6 Å². The van der Waals surface area contributed by atoms with Gasteiger partial charge < -0.3 is 5.32 Å². The lowest BCUT2D eigenvalue weighted by Gasteiger charge is -2.23. The molecular formula is C15H16BrClN2OS. The number of carbonyl (C=O) groups excluding carboxylic acids is 1. The van der Waals surface area contributed by atoms with E-state index in [1.165, 1.54) is 11.3 Å². The monoisotopic (exact) mass is 386 g/mol. The molecule has 1 atom stereocenters. The van der Waals surface area contributed by atoms with Crippen LogP contribution in [0.15, 0.2) is 40.9 Å². The van der Waals surface area contributed by atoms with E-state index in [-0.39, 0.29) is 11.9 Å². The van der Waals surface area contributed by atoms with Crippen LogP contribution in [-0.2, 0) is 11.3 Å². The van der Waals surface area contributed by atoms with E-state index in [1.807, 2.05) is 55.3 Å². The first kappa shape index (κ1) is 16.5. The van der Waals surface area contributed by atoms with Crippen LogP contribution in [0.3, 0.4) is 0 Å². The van der Waals surface area contributed by atoms with Crippen LogP contribution in [-0.4, -0.2) is 23.9 Å². The number of anilines is 1. The molecule has 0 aliphatic rings. The Balaban J connectivity index is 1.93. The number of carbonyl (C=O) groups is 1. The summed E-state index contributed by atoms with van der Waals surface area (Å²) in [6, 6.07) is 11.2. The van der Waals surface area contributed by atoms with E-state index < -0.39 is 0 Å². The first-order valence-corrected chi connectivity index (χ1v) is 8.45. The second-order valence-electron chi connectivity index (χ2n) is 4.79. The molecule has 6 heteroatoms. The molecule has 0 saturated carbocycles. The van der Waals surface area contributed by atoms with Crippen LogP contribution in [0, 0.1) is 0 Å². The normalized spacial score (nSPS) is 12.4. The van der Waals surface area contributed by atoms with Crippen LogP contribution >= 0.6 is 38.9 Å². The van der Waals surface area contributed by atoms with Gasteiger partial charge in [0.2, 0.25) is 5.91 Å². The average Bonchev–Trinajstić information content (AvgIpc) is 2.85. The molecule has 1 unspecified atom stereocenters. The smallest absolute Gasteiger partial charge is 0.241 e. The molecule has 1 aromatic heterocycles. The Bertz CT molecular complexity index is 614. The number of rotatable bonds is 5. The first-order valence-electron chi connectivity index (χ1n) is 6.46. The third kappa shape index (κ3) is 4.81. The quantitative estimate of drug-likeness (QED) is 0.811. The van der Waals surface area contributed by atoms with E-state index in [9.17, 15) is 4.79 Å². The molecule has 1 amide bonds. The van der Waals surface area contributed by atoms with E-state index in [1.54, 1.807) is 0 Å². The Morgan fingerprint density at radius 1 is 1.33 bits per heavy atom. The van der Waals surface area contributed by atoms with Gasteiger partial charge in [-0.25, -0.2) is 0 Å². The molecule has 2 aromatic rings. The Morgan fingerprint density at radius 3 is 2.57 bits per heavy atom. The zero-order chi connectivity index (χ0) is 15.4. The molecule has 3 nitrogen and oxygen atoms in total. The third-order valence-corrected chi connectivity index (χ3v) is 4.93. The number of hydrogen-bond donors (Lipinski definition) is 1. The highest BCUT2D eigenvalue weighted by Crippen LogP contribution is 2.23. The number of nitrogens with zero attached hydrogens (tertiary/aromatic N) is 1. The van der Waals surface area contributed by atoms with Crippen molar-refractivity contribution in [2.45, 2.75) is 19.5 Å². The zero-order valence-corrected chi connectivity index (χ0v) is 14.9. The van der Waals surface area contributed by atoms with Gasteiger partial charge in [0.05, 0.1) is 10.4 Å². The lowest BCUT2D eigenvalue weighted by atomic mass is 10.2. The van der Waals surface area contributed by atoms with E-state index in [2.05, 4.69) is 21.2 Å². The Morgan fingerprint density at radius 2 is 2.00 bits per heavy atom. The maximum Gasteiger partial charge on any atom is 0.241 e. The van der Waals surface area contributed by atoms with E-state index in [4.69, 9.17) is 11.6 Å². The van der Waals surface area contributed by atoms with Gasteiger partial charge in [-0.2, -0.15) is 0 Å². The molecule has 21 heavy (non-hydrogen) atoms. The van der Waals surface area contributed by atoms with Gasteiger partial charge >= 0.3 is 0 Å². The summed E-state index contributed by atoms with van der Waals surface area (Å²) in [6.45, 7) is 2.59. The molecule has 0 aliphatic heterocycles. The van der Waals surface area contributed by atoms with Crippen molar-refractivity contribution in [3.05, 3.63) is 50.1 Å². The maximum atomic E-state index is 12.2. The fourth-order valence-electron chi connectivity index (χ4n) is 1.80. The van der Waals surface area contributed by atoms with Crippen LogP contribution in [0.5, 0.6) is 0 Å². The zero-order valence-electron chi connectivity index (χ0n) is 11.8. The number of benzene rings is 1. The highest BCUT2D eigenvalue weighted by atomic mass is 79.9. The van der Waals surface area contributed by atoms with E-state index in [0.717, 1.165) is 19.4 Å². The van der Waals surface area contributed by atoms with E-state index in [0.29, 0.717) is 6.54 Å². The largest absolute Gasteiger partial charge is 0.325 e. The topological polar surface area (TPSA) is 32.3 Å². The van der Waals surface area contributed by atoms with Crippen molar-refractivity contribution in [1.82, 2.24) is 4.90 Å². The number of amides is 1. The van der Waals surface area contributed by atoms with Crippen molar-refractivity contribution in [2.75, 3.05) is 12.4 Å². The van der Waals surface area contributed by atoms with Crippen molar-refractivity contribution in [2.24, 2.45) is 0 Å². The fourth-order valence-corrected chi connectivity index (χ4v) is 3.21. The summed E-state index contributed by atoms with van der Waals surface area (Å²) >= 11 is 10.8. The standard InChI is InChI=1S/C15H16BrClN2OS/c1-10(19(2)9-13-7-8-14(17)21-13)15(20)18-12-5-3-11(16)4-6-12/h3-8,10H,9H2,1-2H3,(H,18,20). The van der Waals surface area contributed by atoms with Crippen molar-refractivity contribution in [1.29, 1.82) is 0 Å². The summed E-state index contributed by atoms with van der Waals surface area (Å²) < 4.78 is 1.76. The SMILES string of the molecule is CC(C(=O)Nc1ccc(Br)cc1)N(C)Cc1ccc(Cl)s1. The predicted octanol–water partition coefficient (Wildman–Crippen LogP) is 4.62. The average molecular weight is 388 g/mol. The number of thiophene rings is 1. The van der Waals surface area contributed by atoms with Crippen molar-refractivity contribution in [3.8, 4) is 0 Å². The molecule has 112 valence electrons. The van der Waals surface area contributed by atoms with Gasteiger partial charge in [0.25, 0.3) is 0 Å². The Labute approximate surface area is 142 Å². The summed E-state index contributed by atoms with van der Waals surface area (Å²) in [4.78, 5) is 15.4. The predicted molar refractivity (Wildman–Crippen MR) is 93.0 cm³/mol. The van der Waals surface area contributed by atoms with Crippen LogP contribution in [0.4, 0.5) is 5.69 Å². The molecule has 2 rings (SSSR count). The van der Waals surface area contributed by atoms with Gasteiger partial charge in [0.1, 0.15) is 0 Å². The molecule has 1 heterocycles. The molecule has 0 saturated heterocycles. The summed E-state index contributed by atoms with van der Waals surface area (Å²) in [6.07, 6.45) is 0. The molecule has 1 N–H and O–H groups in total. The number of hydrogen-bond acceptors (Lipinski definition) is 3. The molecular weight excluding hydrogens is 372 g/mol. The fraction of sp³-hybridized carbons (Fsp3) is 0.267. The minimum absolute atomic E-state index is 0.0255. The second kappa shape index (κ2) is 7.40. The minimum Gasteiger partial charge on any atom is -0.325 e. The first-order chi connectivity index (χ1) is 9.95. The van der Waals surface area contributed by atoms with Gasteiger partial charge in [-0.3, -0.25) is 9.69 Å². The van der Waals surface area contributed by atoms with E-state index >= 15 is 0 Å². The molecule has 0 aliphatic carbocycles. The Kier molecular flexibility index (Phi) is 5.81. The van der Waals surface area contributed by atoms with Gasteiger partial charge in [0.15, 0.2) is 0 Å². The Hall–Kier alpha value is -0.880. The third-order valence-electron chi connectivity index (χ3n) is 3.19. The lowest BCUT2D eigenvalue weighted by Crippen LogP contribution is -2.39. The van der Waals surface area contributed by atoms with Gasteiger partial charge in [-0.1, -0.05) is 27.5 Å². The number of likely N-dealkylation sites (N-methyl/N-ethyl adjacent to an activating group) is 1. The van der Waals surface area contributed by atoms with Gasteiger partial charge in [-0.15, -0.1) is 11.3 Å². The summed E-state index contributed by atoms with van der Waals surface area (Å²) in [5.41, 5.74) is 0.794. The summed E-state index contributed by atoms with van der Waals surface area (Å²) in [5, 5.41) is 2.92. The van der Waals surface area contributed by atoms with Crippen LogP contribution < -0.4 is 5.32 Å². The summed E-state index contributed by atoms with van der Waals surface area (Å²) in [7, 11) is 1.93. The number of nitrogens with one attached hydrogen (secondary N) is 1. The van der Waals surface area contributed by atoms with Crippen molar-refractivity contribution >= 4 is 50.5 Å².